The number of benzene rings is 1. The fraction of sp³-hybridized carbons (Fsp3) is 0.400. The number of aryl methyl sites for hydroxylation is 1. The summed E-state index contributed by atoms with van der Waals surface area (Å²) in [6, 6.07) is 7.96. The third-order valence-corrected chi connectivity index (χ3v) is 4.14. The molecule has 0 atom stereocenters. The van der Waals surface area contributed by atoms with E-state index in [2.05, 4.69) is 20.3 Å². The average Bonchev–Trinajstić information content (AvgIpc) is 3.02. The Labute approximate surface area is 116 Å². The summed E-state index contributed by atoms with van der Waals surface area (Å²) in [6.45, 7) is 0. The minimum Gasteiger partial charge on any atom is -0.339 e. The molecule has 0 saturated heterocycles. The standard InChI is InChI=1S/C15H16N4O/c1-2-7-12-11(6-1)14(18-17-12)15-16-13(20-19-15)9-8-10-4-3-5-10/h1-2,6-7,10H,3-5,8-9H2,(H,17,18). The van der Waals surface area contributed by atoms with Crippen molar-refractivity contribution in [1.29, 1.82) is 0 Å². The van der Waals surface area contributed by atoms with Crippen LogP contribution in [0.1, 0.15) is 31.6 Å². The van der Waals surface area contributed by atoms with Crippen molar-refractivity contribution in [3.8, 4) is 11.5 Å². The number of nitrogens with one attached hydrogen (secondary N) is 1. The molecule has 3 aromatic rings. The first kappa shape index (κ1) is 11.6. The summed E-state index contributed by atoms with van der Waals surface area (Å²) >= 11 is 0. The van der Waals surface area contributed by atoms with E-state index in [0.717, 1.165) is 41.2 Å². The van der Waals surface area contributed by atoms with E-state index in [1.54, 1.807) is 0 Å². The molecular weight excluding hydrogens is 252 g/mol. The maximum absolute atomic E-state index is 5.34. The number of aromatic nitrogens is 4. The van der Waals surface area contributed by atoms with Gasteiger partial charge in [0.25, 0.3) is 0 Å². The number of nitrogens with zero attached hydrogens (tertiary/aromatic N) is 3. The van der Waals surface area contributed by atoms with E-state index >= 15 is 0 Å². The molecule has 5 heteroatoms. The third-order valence-electron chi connectivity index (χ3n) is 4.14. The van der Waals surface area contributed by atoms with Gasteiger partial charge in [0.05, 0.1) is 5.52 Å². The number of rotatable bonds is 4. The molecule has 20 heavy (non-hydrogen) atoms. The van der Waals surface area contributed by atoms with E-state index in [4.69, 9.17) is 4.52 Å². The zero-order chi connectivity index (χ0) is 13.4. The van der Waals surface area contributed by atoms with Crippen LogP contribution in [0.15, 0.2) is 28.8 Å². The quantitative estimate of drug-likeness (QED) is 0.788. The van der Waals surface area contributed by atoms with Crippen molar-refractivity contribution in [1.82, 2.24) is 20.3 Å². The van der Waals surface area contributed by atoms with E-state index in [1.165, 1.54) is 19.3 Å². The second kappa shape index (κ2) is 4.74. The lowest BCUT2D eigenvalue weighted by Gasteiger charge is -2.24. The fourth-order valence-corrected chi connectivity index (χ4v) is 2.70. The highest BCUT2D eigenvalue weighted by atomic mass is 16.5. The predicted molar refractivity (Wildman–Crippen MR) is 75.0 cm³/mol. The number of H-pyrrole nitrogens is 1. The number of para-hydroxylation sites is 1. The van der Waals surface area contributed by atoms with Crippen molar-refractivity contribution in [2.24, 2.45) is 5.92 Å². The average molecular weight is 268 g/mol. The first-order valence-corrected chi connectivity index (χ1v) is 7.16. The van der Waals surface area contributed by atoms with Crippen molar-refractivity contribution in [3.63, 3.8) is 0 Å². The molecule has 0 radical (unpaired) electrons. The molecule has 0 amide bonds. The first-order chi connectivity index (χ1) is 9.90. The molecule has 1 fully saturated rings. The number of hydrogen-bond acceptors (Lipinski definition) is 4. The Bertz CT molecular complexity index is 726. The van der Waals surface area contributed by atoms with Gasteiger partial charge in [-0.15, -0.1) is 0 Å². The molecule has 0 aliphatic heterocycles. The molecule has 1 aliphatic carbocycles. The van der Waals surface area contributed by atoms with Crippen molar-refractivity contribution in [2.75, 3.05) is 0 Å². The zero-order valence-corrected chi connectivity index (χ0v) is 11.2. The Kier molecular flexibility index (Phi) is 2.76. The Balaban J connectivity index is 1.57. The van der Waals surface area contributed by atoms with E-state index < -0.39 is 0 Å². The molecule has 2 heterocycles. The molecule has 1 aromatic carbocycles. The van der Waals surface area contributed by atoms with Gasteiger partial charge in [-0.05, 0) is 18.4 Å². The van der Waals surface area contributed by atoms with Crippen molar-refractivity contribution >= 4 is 10.9 Å². The van der Waals surface area contributed by atoms with Gasteiger partial charge < -0.3 is 4.52 Å². The van der Waals surface area contributed by atoms with Crippen LogP contribution in [0.3, 0.4) is 0 Å². The van der Waals surface area contributed by atoms with E-state index in [-0.39, 0.29) is 0 Å². The minimum absolute atomic E-state index is 0.575. The van der Waals surface area contributed by atoms with Crippen LogP contribution in [0.2, 0.25) is 0 Å². The molecule has 4 rings (SSSR count). The van der Waals surface area contributed by atoms with Gasteiger partial charge in [0, 0.05) is 11.8 Å². The maximum atomic E-state index is 5.34. The molecular formula is C15H16N4O. The summed E-state index contributed by atoms with van der Waals surface area (Å²) in [5, 5.41) is 12.4. The van der Waals surface area contributed by atoms with Crippen LogP contribution in [0.25, 0.3) is 22.4 Å². The summed E-state index contributed by atoms with van der Waals surface area (Å²) in [5.74, 6) is 2.15. The smallest absolute Gasteiger partial charge is 0.227 e. The Morgan fingerprint density at radius 2 is 2.15 bits per heavy atom. The molecule has 2 aromatic heterocycles. The highest BCUT2D eigenvalue weighted by Crippen LogP contribution is 2.30. The summed E-state index contributed by atoms with van der Waals surface area (Å²) in [4.78, 5) is 4.47. The normalized spacial score (nSPS) is 15.6. The lowest BCUT2D eigenvalue weighted by Crippen LogP contribution is -2.11. The molecule has 1 saturated carbocycles. The maximum Gasteiger partial charge on any atom is 0.227 e. The Morgan fingerprint density at radius 1 is 1.25 bits per heavy atom. The molecule has 0 unspecified atom stereocenters. The summed E-state index contributed by atoms with van der Waals surface area (Å²) in [7, 11) is 0. The highest BCUT2D eigenvalue weighted by molar-refractivity contribution is 5.90. The summed E-state index contributed by atoms with van der Waals surface area (Å²) < 4.78 is 5.34. The lowest BCUT2D eigenvalue weighted by atomic mass is 9.82. The van der Waals surface area contributed by atoms with Gasteiger partial charge in [-0.2, -0.15) is 10.1 Å². The van der Waals surface area contributed by atoms with Crippen LogP contribution in [0.4, 0.5) is 0 Å². The lowest BCUT2D eigenvalue weighted by molar-refractivity contribution is 0.280. The van der Waals surface area contributed by atoms with Crippen LogP contribution >= 0.6 is 0 Å². The molecule has 102 valence electrons. The van der Waals surface area contributed by atoms with Crippen LogP contribution in [0.5, 0.6) is 0 Å². The van der Waals surface area contributed by atoms with Crippen LogP contribution < -0.4 is 0 Å². The zero-order valence-electron chi connectivity index (χ0n) is 11.2. The third kappa shape index (κ3) is 1.99. The SMILES string of the molecule is c1ccc2c(-c3noc(CCC4CCC4)n3)n[nH]c2c1. The number of hydrogen-bond donors (Lipinski definition) is 1. The second-order valence-electron chi connectivity index (χ2n) is 5.47. The second-order valence-corrected chi connectivity index (χ2v) is 5.47. The molecule has 0 bridgehead atoms. The highest BCUT2D eigenvalue weighted by Gasteiger charge is 2.19. The van der Waals surface area contributed by atoms with Crippen LogP contribution in [0, 0.1) is 5.92 Å². The van der Waals surface area contributed by atoms with Gasteiger partial charge in [0.1, 0.15) is 5.69 Å². The largest absolute Gasteiger partial charge is 0.339 e. The number of fused-ring (bicyclic) bond motifs is 1. The van der Waals surface area contributed by atoms with Gasteiger partial charge in [0.15, 0.2) is 0 Å². The topological polar surface area (TPSA) is 67.6 Å². The van der Waals surface area contributed by atoms with Gasteiger partial charge in [0.2, 0.25) is 11.7 Å². The van der Waals surface area contributed by atoms with Gasteiger partial charge in [-0.3, -0.25) is 5.10 Å². The Hall–Kier alpha value is -2.17. The van der Waals surface area contributed by atoms with E-state index in [0.29, 0.717) is 5.82 Å². The van der Waals surface area contributed by atoms with Crippen LogP contribution in [-0.4, -0.2) is 20.3 Å². The van der Waals surface area contributed by atoms with Crippen molar-refractivity contribution in [3.05, 3.63) is 30.2 Å². The first-order valence-electron chi connectivity index (χ1n) is 7.16. The predicted octanol–water partition coefficient (Wildman–Crippen LogP) is 3.35. The van der Waals surface area contributed by atoms with Crippen molar-refractivity contribution < 1.29 is 4.52 Å². The van der Waals surface area contributed by atoms with Crippen LogP contribution in [-0.2, 0) is 6.42 Å². The van der Waals surface area contributed by atoms with Crippen molar-refractivity contribution in [2.45, 2.75) is 32.1 Å². The van der Waals surface area contributed by atoms with Gasteiger partial charge >= 0.3 is 0 Å². The number of aromatic amines is 1. The van der Waals surface area contributed by atoms with Gasteiger partial charge in [-0.1, -0.05) is 42.6 Å². The molecule has 5 nitrogen and oxygen atoms in total. The summed E-state index contributed by atoms with van der Waals surface area (Å²) in [5.41, 5.74) is 1.75. The fourth-order valence-electron chi connectivity index (χ4n) is 2.70. The summed E-state index contributed by atoms with van der Waals surface area (Å²) in [6.07, 6.45) is 6.11. The van der Waals surface area contributed by atoms with E-state index in [9.17, 15) is 0 Å². The van der Waals surface area contributed by atoms with Gasteiger partial charge in [-0.25, -0.2) is 0 Å². The molecule has 0 spiro atoms. The minimum atomic E-state index is 0.575. The molecule has 1 N–H and O–H groups in total. The van der Waals surface area contributed by atoms with E-state index in [1.807, 2.05) is 24.3 Å². The monoisotopic (exact) mass is 268 g/mol. The Morgan fingerprint density at radius 3 is 3.00 bits per heavy atom. The molecule has 1 aliphatic rings.